The van der Waals surface area contributed by atoms with Crippen LogP contribution in [0.2, 0.25) is 0 Å². The zero-order valence-corrected chi connectivity index (χ0v) is 7.98. The van der Waals surface area contributed by atoms with Crippen molar-refractivity contribution < 1.29 is 0 Å². The SMILES string of the molecule is C=CCN(C)CC=C.c1cn[nH]n1. The quantitative estimate of drug-likeness (QED) is 0.705. The van der Waals surface area contributed by atoms with Gasteiger partial charge in [0.15, 0.2) is 0 Å². The Morgan fingerprint density at radius 3 is 1.92 bits per heavy atom. The number of likely N-dealkylation sites (N-methyl/N-ethyl adjacent to an activating group) is 1. The third kappa shape index (κ3) is 8.49. The van der Waals surface area contributed by atoms with Crippen LogP contribution in [-0.2, 0) is 0 Å². The lowest BCUT2D eigenvalue weighted by Crippen LogP contribution is -2.17. The highest BCUT2D eigenvalue weighted by Gasteiger charge is 1.86. The van der Waals surface area contributed by atoms with Crippen LogP contribution in [-0.4, -0.2) is 40.4 Å². The van der Waals surface area contributed by atoms with Gasteiger partial charge in [-0.2, -0.15) is 15.4 Å². The molecular formula is C9H16N4. The molecule has 4 heteroatoms. The van der Waals surface area contributed by atoms with Crippen molar-refractivity contribution in [1.82, 2.24) is 20.3 Å². The minimum atomic E-state index is 0.937. The summed E-state index contributed by atoms with van der Waals surface area (Å²) in [6, 6.07) is 0. The van der Waals surface area contributed by atoms with Gasteiger partial charge in [0.2, 0.25) is 0 Å². The number of aromatic amines is 1. The molecule has 1 N–H and O–H groups in total. The molecule has 0 bridgehead atoms. The third-order valence-electron chi connectivity index (χ3n) is 1.21. The second-order valence-corrected chi connectivity index (χ2v) is 2.45. The van der Waals surface area contributed by atoms with E-state index in [9.17, 15) is 0 Å². The zero-order chi connectivity index (χ0) is 9.94. The van der Waals surface area contributed by atoms with Crippen LogP contribution < -0.4 is 0 Å². The molecule has 0 fully saturated rings. The number of H-pyrrole nitrogens is 1. The maximum absolute atomic E-state index is 3.61. The first-order valence-corrected chi connectivity index (χ1v) is 4.01. The van der Waals surface area contributed by atoms with E-state index in [-0.39, 0.29) is 0 Å². The van der Waals surface area contributed by atoms with Gasteiger partial charge in [0.05, 0.1) is 12.4 Å². The van der Waals surface area contributed by atoms with Gasteiger partial charge in [-0.1, -0.05) is 12.2 Å². The van der Waals surface area contributed by atoms with Gasteiger partial charge in [-0.25, -0.2) is 0 Å². The van der Waals surface area contributed by atoms with Gasteiger partial charge in [-0.15, -0.1) is 13.2 Å². The van der Waals surface area contributed by atoms with Crippen molar-refractivity contribution in [3.63, 3.8) is 0 Å². The molecule has 13 heavy (non-hydrogen) atoms. The van der Waals surface area contributed by atoms with E-state index in [1.165, 1.54) is 0 Å². The number of nitrogens with one attached hydrogen (secondary N) is 1. The fraction of sp³-hybridized carbons (Fsp3) is 0.333. The van der Waals surface area contributed by atoms with Crippen LogP contribution in [0, 0.1) is 0 Å². The largest absolute Gasteiger partial charge is 0.299 e. The molecule has 0 radical (unpaired) electrons. The van der Waals surface area contributed by atoms with Crippen molar-refractivity contribution in [2.75, 3.05) is 20.1 Å². The second kappa shape index (κ2) is 8.67. The minimum absolute atomic E-state index is 0.937. The molecule has 1 rings (SSSR count). The molecule has 72 valence electrons. The van der Waals surface area contributed by atoms with Crippen LogP contribution in [0.5, 0.6) is 0 Å². The Kier molecular flexibility index (Phi) is 7.73. The first kappa shape index (κ1) is 11.6. The van der Waals surface area contributed by atoms with Crippen molar-refractivity contribution in [3.8, 4) is 0 Å². The summed E-state index contributed by atoms with van der Waals surface area (Å²) in [4.78, 5) is 2.12. The molecule has 0 unspecified atom stereocenters. The van der Waals surface area contributed by atoms with Crippen LogP contribution >= 0.6 is 0 Å². The van der Waals surface area contributed by atoms with Gasteiger partial charge in [-0.3, -0.25) is 4.90 Å². The molecule has 0 atom stereocenters. The summed E-state index contributed by atoms with van der Waals surface area (Å²) >= 11 is 0. The van der Waals surface area contributed by atoms with Crippen LogP contribution in [0.4, 0.5) is 0 Å². The van der Waals surface area contributed by atoms with E-state index < -0.39 is 0 Å². The Morgan fingerprint density at radius 2 is 1.69 bits per heavy atom. The summed E-state index contributed by atoms with van der Waals surface area (Å²) in [5.41, 5.74) is 0. The molecule has 0 spiro atoms. The van der Waals surface area contributed by atoms with E-state index in [0.717, 1.165) is 13.1 Å². The second-order valence-electron chi connectivity index (χ2n) is 2.45. The predicted octanol–water partition coefficient (Wildman–Crippen LogP) is 1.09. The molecule has 0 aliphatic heterocycles. The van der Waals surface area contributed by atoms with Crippen molar-refractivity contribution in [3.05, 3.63) is 37.7 Å². The minimum Gasteiger partial charge on any atom is -0.299 e. The zero-order valence-electron chi connectivity index (χ0n) is 7.98. The molecule has 0 amide bonds. The van der Waals surface area contributed by atoms with E-state index in [2.05, 4.69) is 33.5 Å². The molecule has 0 saturated carbocycles. The molecular weight excluding hydrogens is 164 g/mol. The Hall–Kier alpha value is -1.42. The number of hydrogen-bond donors (Lipinski definition) is 1. The van der Waals surface area contributed by atoms with Gasteiger partial charge in [0, 0.05) is 13.1 Å². The molecule has 0 saturated heterocycles. The smallest absolute Gasteiger partial charge is 0.0690 e. The first-order chi connectivity index (χ1) is 6.31. The Balaban J connectivity index is 0.000000243. The molecule has 0 aliphatic carbocycles. The summed E-state index contributed by atoms with van der Waals surface area (Å²) in [6.45, 7) is 9.09. The predicted molar refractivity (Wildman–Crippen MR) is 54.3 cm³/mol. The first-order valence-electron chi connectivity index (χ1n) is 4.01. The van der Waals surface area contributed by atoms with Crippen LogP contribution in [0.3, 0.4) is 0 Å². The summed E-state index contributed by atoms with van der Waals surface area (Å²) in [5.74, 6) is 0. The van der Waals surface area contributed by atoms with E-state index in [1.54, 1.807) is 12.4 Å². The van der Waals surface area contributed by atoms with Crippen molar-refractivity contribution in [2.24, 2.45) is 0 Å². The van der Waals surface area contributed by atoms with Gasteiger partial charge in [-0.05, 0) is 7.05 Å². The average molecular weight is 180 g/mol. The molecule has 1 heterocycles. The molecule has 0 aliphatic rings. The highest BCUT2D eigenvalue weighted by Crippen LogP contribution is 1.80. The van der Waals surface area contributed by atoms with Crippen molar-refractivity contribution in [1.29, 1.82) is 0 Å². The lowest BCUT2D eigenvalue weighted by molar-refractivity contribution is 0.413. The van der Waals surface area contributed by atoms with E-state index in [0.29, 0.717) is 0 Å². The Labute approximate surface area is 79.0 Å². The highest BCUT2D eigenvalue weighted by atomic mass is 15.3. The van der Waals surface area contributed by atoms with Crippen molar-refractivity contribution >= 4 is 0 Å². The van der Waals surface area contributed by atoms with Crippen LogP contribution in [0.15, 0.2) is 37.7 Å². The monoisotopic (exact) mass is 180 g/mol. The maximum Gasteiger partial charge on any atom is 0.0690 e. The van der Waals surface area contributed by atoms with Crippen LogP contribution in [0.1, 0.15) is 0 Å². The van der Waals surface area contributed by atoms with E-state index >= 15 is 0 Å². The van der Waals surface area contributed by atoms with Gasteiger partial charge < -0.3 is 0 Å². The van der Waals surface area contributed by atoms with Crippen molar-refractivity contribution in [2.45, 2.75) is 0 Å². The standard InChI is InChI=1S/C7H13N.C2H3N3/c1-4-6-8(3)7-5-2;1-2-4-5-3-1/h4-5H,1-2,6-7H2,3H3;1-2H,(H,3,4,5). The van der Waals surface area contributed by atoms with E-state index in [1.807, 2.05) is 19.2 Å². The van der Waals surface area contributed by atoms with Crippen LogP contribution in [0.25, 0.3) is 0 Å². The van der Waals surface area contributed by atoms with Gasteiger partial charge >= 0.3 is 0 Å². The highest BCUT2D eigenvalue weighted by molar-refractivity contribution is 4.76. The molecule has 4 nitrogen and oxygen atoms in total. The normalized spacial score (nSPS) is 8.77. The summed E-state index contributed by atoms with van der Waals surface area (Å²) in [6.07, 6.45) is 6.92. The topological polar surface area (TPSA) is 44.8 Å². The molecule has 0 aromatic carbocycles. The average Bonchev–Trinajstić information content (AvgIpc) is 2.61. The summed E-state index contributed by atoms with van der Waals surface area (Å²) < 4.78 is 0. The van der Waals surface area contributed by atoms with Gasteiger partial charge in [0.25, 0.3) is 0 Å². The third-order valence-corrected chi connectivity index (χ3v) is 1.21. The number of nitrogens with zero attached hydrogens (tertiary/aromatic N) is 3. The summed E-state index contributed by atoms with van der Waals surface area (Å²) in [5, 5.41) is 9.33. The number of rotatable bonds is 4. The maximum atomic E-state index is 3.61. The Bertz CT molecular complexity index is 178. The fourth-order valence-electron chi connectivity index (χ4n) is 0.682. The number of aromatic nitrogens is 3. The lowest BCUT2D eigenvalue weighted by atomic mass is 10.5. The summed E-state index contributed by atoms with van der Waals surface area (Å²) in [7, 11) is 2.03. The Morgan fingerprint density at radius 1 is 1.23 bits per heavy atom. The molecule has 1 aromatic rings. The van der Waals surface area contributed by atoms with E-state index in [4.69, 9.17) is 0 Å². The van der Waals surface area contributed by atoms with Gasteiger partial charge in [0.1, 0.15) is 0 Å². The lowest BCUT2D eigenvalue weighted by Gasteiger charge is -2.09. The number of hydrogen-bond acceptors (Lipinski definition) is 3. The molecule has 1 aromatic heterocycles. The fourth-order valence-corrected chi connectivity index (χ4v) is 0.682.